The number of halogens is 2. The van der Waals surface area contributed by atoms with Crippen LogP contribution >= 0.6 is 69.0 Å². The Hall–Kier alpha value is 0.760. The number of allylic oxidation sites excluding steroid dienone is 1. The van der Waals surface area contributed by atoms with Crippen molar-refractivity contribution in [2.75, 3.05) is 13.3 Å². The number of hydrogen-bond donors (Lipinski definition) is 8. The van der Waals surface area contributed by atoms with Gasteiger partial charge in [-0.2, -0.15) is 0 Å². The Morgan fingerprint density at radius 1 is 1.32 bits per heavy atom. The summed E-state index contributed by atoms with van der Waals surface area (Å²) in [4.78, 5) is 51.7. The van der Waals surface area contributed by atoms with Gasteiger partial charge in [-0.1, -0.05) is 0 Å². The molecule has 0 spiro atoms. The molecule has 180 valence electrons. The molecule has 0 saturated carbocycles. The van der Waals surface area contributed by atoms with Crippen molar-refractivity contribution < 1.29 is 56.6 Å². The standard InChI is InChI=1S/C10H19I2N4O12P3/c11-7-6-8(15-10(12)14-7)16(3-13-6)9-5(17)1-4(26-9)2-25-30(21,22)28-31(23,24)27-29(18,19)20/h4-5,9-10,13,15,17,21-22,30H,1-3H2,(H,23,24)(H2,18,19,20)/t4?,5?,9?,10-/m1/s1. The van der Waals surface area contributed by atoms with E-state index in [-0.39, 0.29) is 10.6 Å². The molecular weight excluding hydrogens is 715 g/mol. The quantitative estimate of drug-likeness (QED) is 0.0667. The van der Waals surface area contributed by atoms with Crippen molar-refractivity contribution in [1.82, 2.24) is 15.5 Å². The molecule has 0 aromatic carbocycles. The second-order valence-electron chi connectivity index (χ2n) is 6.37. The van der Waals surface area contributed by atoms with Crippen LogP contribution in [0, 0.1) is 0 Å². The van der Waals surface area contributed by atoms with Crippen molar-refractivity contribution in [1.29, 1.82) is 0 Å². The van der Waals surface area contributed by atoms with Gasteiger partial charge >= 0.3 is 204 Å². The predicted octanol–water partition coefficient (Wildman–Crippen LogP) is -0.713. The summed E-state index contributed by atoms with van der Waals surface area (Å²) in [5, 5.41) is 16.7. The third kappa shape index (κ3) is 7.12. The normalized spacial score (nSPS) is 31.6. The zero-order chi connectivity index (χ0) is 23.2. The third-order valence-corrected chi connectivity index (χ3v) is 9.51. The molecule has 3 rings (SSSR count). The summed E-state index contributed by atoms with van der Waals surface area (Å²) in [7, 11) is -16.3. The molecule has 0 radical (unpaired) electrons. The van der Waals surface area contributed by atoms with Crippen molar-refractivity contribution in [2.45, 2.75) is 29.0 Å². The molecule has 1 fully saturated rings. The summed E-state index contributed by atoms with van der Waals surface area (Å²) in [6.07, 6.45) is -2.62. The van der Waals surface area contributed by atoms with Gasteiger partial charge in [-0.15, -0.1) is 0 Å². The van der Waals surface area contributed by atoms with Crippen LogP contribution in [0.2, 0.25) is 0 Å². The molecular formula is C10H19I2N4O12P3. The van der Waals surface area contributed by atoms with Gasteiger partial charge < -0.3 is 0 Å². The maximum atomic E-state index is 11.5. The number of aliphatic imine (C=N–C) groups is 1. The molecule has 5 atom stereocenters. The van der Waals surface area contributed by atoms with Crippen LogP contribution in [-0.4, -0.2) is 74.1 Å². The molecule has 0 aliphatic carbocycles. The molecule has 0 aromatic heterocycles. The molecule has 8 N–H and O–H groups in total. The molecule has 0 amide bonds. The van der Waals surface area contributed by atoms with Crippen LogP contribution in [0.25, 0.3) is 0 Å². The van der Waals surface area contributed by atoms with Crippen molar-refractivity contribution in [2.24, 2.45) is 4.99 Å². The molecule has 3 heterocycles. The average molecular weight is 734 g/mol. The second-order valence-corrected chi connectivity index (χ2v) is 13.3. The first-order chi connectivity index (χ1) is 14.2. The number of aliphatic hydroxyl groups excluding tert-OH is 1. The zero-order valence-corrected chi connectivity index (χ0v) is 22.2. The molecule has 0 aromatic rings. The van der Waals surface area contributed by atoms with Crippen LogP contribution in [-0.2, 0) is 27.0 Å². The van der Waals surface area contributed by atoms with Gasteiger partial charge in [0.1, 0.15) is 0 Å². The first kappa shape index (κ1) is 26.4. The van der Waals surface area contributed by atoms with E-state index in [0.717, 1.165) is 9.42 Å². The van der Waals surface area contributed by atoms with Gasteiger partial charge in [-0.3, -0.25) is 0 Å². The fraction of sp³-hybridized carbons (Fsp3) is 0.700. The first-order valence-corrected chi connectivity index (χ1v) is 15.3. The van der Waals surface area contributed by atoms with Gasteiger partial charge in [0.05, 0.1) is 0 Å². The molecule has 31 heavy (non-hydrogen) atoms. The number of nitrogens with one attached hydrogen (secondary N) is 2. The number of alkyl halides is 1. The van der Waals surface area contributed by atoms with Crippen LogP contribution in [0.15, 0.2) is 16.5 Å². The van der Waals surface area contributed by atoms with Crippen LogP contribution in [0.3, 0.4) is 0 Å². The fourth-order valence-corrected chi connectivity index (χ4v) is 8.13. The van der Waals surface area contributed by atoms with E-state index in [1.807, 2.05) is 0 Å². The second kappa shape index (κ2) is 9.79. The number of nitrogens with zero attached hydrogens (tertiary/aromatic N) is 2. The van der Waals surface area contributed by atoms with Crippen molar-refractivity contribution >= 4 is 72.7 Å². The van der Waals surface area contributed by atoms with Crippen LogP contribution in [0.1, 0.15) is 6.42 Å². The van der Waals surface area contributed by atoms with Gasteiger partial charge in [-0.25, -0.2) is 0 Å². The average Bonchev–Trinajstić information content (AvgIpc) is 3.12. The summed E-state index contributed by atoms with van der Waals surface area (Å²) in [6, 6.07) is 0. The van der Waals surface area contributed by atoms with Crippen molar-refractivity contribution in [3.63, 3.8) is 0 Å². The summed E-state index contributed by atoms with van der Waals surface area (Å²) in [5.41, 5.74) is 0.748. The van der Waals surface area contributed by atoms with Gasteiger partial charge in [0.15, 0.2) is 0 Å². The third-order valence-electron chi connectivity index (χ3n) is 4.01. The summed E-state index contributed by atoms with van der Waals surface area (Å²) in [6.45, 7) is -0.245. The Morgan fingerprint density at radius 3 is 2.65 bits per heavy atom. The van der Waals surface area contributed by atoms with E-state index in [4.69, 9.17) is 19.0 Å². The predicted molar refractivity (Wildman–Crippen MR) is 121 cm³/mol. The number of phosphoric acid groups is 2. The summed E-state index contributed by atoms with van der Waals surface area (Å²) >= 11 is 4.17. The number of ether oxygens (including phenoxy) is 1. The van der Waals surface area contributed by atoms with E-state index >= 15 is 0 Å². The van der Waals surface area contributed by atoms with Crippen LogP contribution in [0.5, 0.6) is 0 Å². The molecule has 21 heteroatoms. The van der Waals surface area contributed by atoms with Gasteiger partial charge in [0, 0.05) is 0 Å². The monoisotopic (exact) mass is 734 g/mol. The summed E-state index contributed by atoms with van der Waals surface area (Å²) in [5.74, 6) is 0.677. The molecule has 1 saturated heterocycles. The molecule has 0 bridgehead atoms. The first-order valence-electron chi connectivity index (χ1n) is 8.27. The van der Waals surface area contributed by atoms with Crippen LogP contribution in [0.4, 0.5) is 0 Å². The van der Waals surface area contributed by atoms with E-state index in [9.17, 15) is 28.9 Å². The Kier molecular flexibility index (Phi) is 8.32. The topological polar surface area (TPSA) is 232 Å². The Bertz CT molecular complexity index is 870. The molecule has 16 nitrogen and oxygen atoms in total. The summed E-state index contributed by atoms with van der Waals surface area (Å²) < 4.78 is 40.5. The van der Waals surface area contributed by atoms with E-state index < -0.39 is 48.9 Å². The fourth-order valence-electron chi connectivity index (χ4n) is 2.97. The van der Waals surface area contributed by atoms with E-state index in [1.54, 1.807) is 4.90 Å². The molecule has 3 aliphatic heterocycles. The Morgan fingerprint density at radius 2 is 2.00 bits per heavy atom. The Balaban J connectivity index is 1.58. The van der Waals surface area contributed by atoms with E-state index in [0.29, 0.717) is 12.5 Å². The van der Waals surface area contributed by atoms with Crippen LogP contribution < -0.4 is 10.6 Å². The maximum absolute atomic E-state index is 11.5. The number of rotatable bonds is 8. The molecule has 4 unspecified atom stereocenters. The van der Waals surface area contributed by atoms with Gasteiger partial charge in [0.2, 0.25) is 0 Å². The number of hydrogen-bond acceptors (Lipinski definition) is 13. The van der Waals surface area contributed by atoms with E-state index in [2.05, 4.69) is 69.4 Å². The Labute approximate surface area is 202 Å². The zero-order valence-electron chi connectivity index (χ0n) is 15.1. The number of aliphatic hydroxyl groups is 1. The molecule has 3 aliphatic rings. The minimum absolute atomic E-state index is 0.0306. The van der Waals surface area contributed by atoms with E-state index in [1.165, 1.54) is 0 Å². The van der Waals surface area contributed by atoms with Gasteiger partial charge in [-0.05, 0) is 0 Å². The van der Waals surface area contributed by atoms with Gasteiger partial charge in [0.25, 0.3) is 0 Å². The van der Waals surface area contributed by atoms with Crippen molar-refractivity contribution in [3.05, 3.63) is 11.5 Å². The van der Waals surface area contributed by atoms with Crippen molar-refractivity contribution in [3.8, 4) is 0 Å². The SMILES string of the molecule is O=P(O)(O)OP(=O)(O)O[PH](O)(O)OCC1CC(O)C(N2CNC3=C2N[C@H](I)N=C3I)O1. The minimum atomic E-state index is -5.53.